The largest absolute Gasteiger partial charge is 0.454 e. The number of aromatic nitrogens is 2. The first-order valence-corrected chi connectivity index (χ1v) is 7.96. The second-order valence-corrected chi connectivity index (χ2v) is 5.97. The van der Waals surface area contributed by atoms with Crippen molar-refractivity contribution in [3.8, 4) is 11.5 Å². The second kappa shape index (κ2) is 5.95. The molecule has 1 saturated heterocycles. The summed E-state index contributed by atoms with van der Waals surface area (Å²) >= 11 is 0. The van der Waals surface area contributed by atoms with E-state index in [1.165, 1.54) is 12.8 Å². The van der Waals surface area contributed by atoms with Crippen molar-refractivity contribution in [1.82, 2.24) is 9.97 Å². The number of anilines is 2. The predicted molar refractivity (Wildman–Crippen MR) is 88.2 cm³/mol. The van der Waals surface area contributed by atoms with Gasteiger partial charge in [0.05, 0.1) is 0 Å². The normalized spacial score (nSPS) is 16.0. The van der Waals surface area contributed by atoms with Crippen LogP contribution >= 0.6 is 0 Å². The van der Waals surface area contributed by atoms with E-state index in [4.69, 9.17) is 9.47 Å². The van der Waals surface area contributed by atoms with Gasteiger partial charge in [0.2, 0.25) is 6.79 Å². The van der Waals surface area contributed by atoms with E-state index >= 15 is 0 Å². The molecule has 0 radical (unpaired) electrons. The molecule has 0 saturated carbocycles. The number of hydrogen-bond acceptors (Lipinski definition) is 6. The molecular weight excluding hydrogens is 292 g/mol. The van der Waals surface area contributed by atoms with Gasteiger partial charge in [-0.25, -0.2) is 9.97 Å². The van der Waals surface area contributed by atoms with Crippen LogP contribution in [0.4, 0.5) is 11.6 Å². The molecule has 0 spiro atoms. The Morgan fingerprint density at radius 2 is 1.91 bits per heavy atom. The Kier molecular flexibility index (Phi) is 3.65. The molecule has 4 rings (SSSR count). The lowest BCUT2D eigenvalue weighted by Gasteiger charge is -2.21. The van der Waals surface area contributed by atoms with E-state index in [1.54, 1.807) is 6.33 Å². The SMILES string of the molecule is CN(Cc1ccc2c(c1)OCO2)c1cc(N2CCCC2)ncn1. The molecule has 2 aliphatic rings. The molecular formula is C17H20N4O2. The summed E-state index contributed by atoms with van der Waals surface area (Å²) < 4.78 is 10.8. The molecule has 6 heteroatoms. The Hall–Kier alpha value is -2.50. The van der Waals surface area contributed by atoms with Gasteiger partial charge in [-0.05, 0) is 30.5 Å². The number of nitrogens with zero attached hydrogens (tertiary/aromatic N) is 4. The lowest BCUT2D eigenvalue weighted by molar-refractivity contribution is 0.174. The molecule has 0 unspecified atom stereocenters. The van der Waals surface area contributed by atoms with Crippen LogP contribution in [-0.2, 0) is 6.54 Å². The maximum absolute atomic E-state index is 5.44. The van der Waals surface area contributed by atoms with Crippen LogP contribution in [0.2, 0.25) is 0 Å². The van der Waals surface area contributed by atoms with Crippen molar-refractivity contribution in [3.05, 3.63) is 36.2 Å². The highest BCUT2D eigenvalue weighted by Gasteiger charge is 2.16. The highest BCUT2D eigenvalue weighted by molar-refractivity contribution is 5.51. The fraction of sp³-hybridized carbons (Fsp3) is 0.412. The van der Waals surface area contributed by atoms with Crippen molar-refractivity contribution >= 4 is 11.6 Å². The Bertz CT molecular complexity index is 701. The summed E-state index contributed by atoms with van der Waals surface area (Å²) in [5.74, 6) is 3.58. The second-order valence-electron chi connectivity index (χ2n) is 5.97. The van der Waals surface area contributed by atoms with Crippen LogP contribution in [0, 0.1) is 0 Å². The van der Waals surface area contributed by atoms with E-state index in [-0.39, 0.29) is 0 Å². The van der Waals surface area contributed by atoms with Crippen molar-refractivity contribution in [2.75, 3.05) is 36.7 Å². The van der Waals surface area contributed by atoms with Crippen LogP contribution in [0.5, 0.6) is 11.5 Å². The summed E-state index contributed by atoms with van der Waals surface area (Å²) in [5, 5.41) is 0. The van der Waals surface area contributed by atoms with Gasteiger partial charge in [-0.15, -0.1) is 0 Å². The van der Waals surface area contributed by atoms with Crippen LogP contribution in [-0.4, -0.2) is 36.9 Å². The molecule has 0 N–H and O–H groups in total. The third-order valence-electron chi connectivity index (χ3n) is 4.32. The third kappa shape index (κ3) is 2.88. The first-order valence-electron chi connectivity index (χ1n) is 7.96. The molecule has 2 aromatic rings. The molecule has 3 heterocycles. The lowest BCUT2D eigenvalue weighted by Crippen LogP contribution is -2.22. The van der Waals surface area contributed by atoms with Gasteiger partial charge in [-0.3, -0.25) is 0 Å². The van der Waals surface area contributed by atoms with Gasteiger partial charge in [-0.2, -0.15) is 0 Å². The highest BCUT2D eigenvalue weighted by atomic mass is 16.7. The first kappa shape index (κ1) is 14.1. The standard InChI is InChI=1S/C17H20N4O2/c1-20(10-13-4-5-14-15(8-13)23-12-22-14)16-9-17(19-11-18-16)21-6-2-3-7-21/h4-5,8-9,11H,2-3,6-7,10,12H2,1H3. The van der Waals surface area contributed by atoms with Crippen LogP contribution in [0.1, 0.15) is 18.4 Å². The average molecular weight is 312 g/mol. The molecule has 1 aromatic heterocycles. The minimum atomic E-state index is 0.305. The van der Waals surface area contributed by atoms with E-state index in [9.17, 15) is 0 Å². The van der Waals surface area contributed by atoms with E-state index in [0.29, 0.717) is 6.79 Å². The number of ether oxygens (including phenoxy) is 2. The summed E-state index contributed by atoms with van der Waals surface area (Å²) in [5.41, 5.74) is 1.16. The predicted octanol–water partition coefficient (Wildman–Crippen LogP) is 2.44. The number of fused-ring (bicyclic) bond motifs is 1. The zero-order valence-electron chi connectivity index (χ0n) is 13.2. The fourth-order valence-electron chi connectivity index (χ4n) is 3.06. The average Bonchev–Trinajstić information content (AvgIpc) is 3.26. The van der Waals surface area contributed by atoms with Gasteiger partial charge < -0.3 is 19.3 Å². The van der Waals surface area contributed by atoms with Crippen molar-refractivity contribution in [1.29, 1.82) is 0 Å². The van der Waals surface area contributed by atoms with E-state index in [0.717, 1.165) is 48.3 Å². The zero-order chi connectivity index (χ0) is 15.6. The number of benzene rings is 1. The topological polar surface area (TPSA) is 50.7 Å². The van der Waals surface area contributed by atoms with E-state index < -0.39 is 0 Å². The summed E-state index contributed by atoms with van der Waals surface area (Å²) in [6.45, 7) is 3.23. The Morgan fingerprint density at radius 3 is 2.78 bits per heavy atom. The molecule has 23 heavy (non-hydrogen) atoms. The molecule has 1 fully saturated rings. The number of rotatable bonds is 4. The fourth-order valence-corrected chi connectivity index (χ4v) is 3.06. The smallest absolute Gasteiger partial charge is 0.231 e. The minimum Gasteiger partial charge on any atom is -0.454 e. The maximum Gasteiger partial charge on any atom is 0.231 e. The Morgan fingerprint density at radius 1 is 1.09 bits per heavy atom. The van der Waals surface area contributed by atoms with Gasteiger partial charge in [0.25, 0.3) is 0 Å². The number of hydrogen-bond donors (Lipinski definition) is 0. The lowest BCUT2D eigenvalue weighted by atomic mass is 10.2. The highest BCUT2D eigenvalue weighted by Crippen LogP contribution is 2.33. The molecule has 0 atom stereocenters. The third-order valence-corrected chi connectivity index (χ3v) is 4.32. The van der Waals surface area contributed by atoms with Gasteiger partial charge in [-0.1, -0.05) is 6.07 Å². The summed E-state index contributed by atoms with van der Waals surface area (Å²) in [4.78, 5) is 13.3. The van der Waals surface area contributed by atoms with Crippen LogP contribution < -0.4 is 19.3 Å². The summed E-state index contributed by atoms with van der Waals surface area (Å²) in [7, 11) is 2.04. The van der Waals surface area contributed by atoms with E-state index in [2.05, 4.69) is 31.9 Å². The molecule has 0 aliphatic carbocycles. The summed E-state index contributed by atoms with van der Waals surface area (Å²) in [6.07, 6.45) is 4.14. The van der Waals surface area contributed by atoms with Crippen LogP contribution in [0.3, 0.4) is 0 Å². The van der Waals surface area contributed by atoms with Crippen molar-refractivity contribution in [2.45, 2.75) is 19.4 Å². The minimum absolute atomic E-state index is 0.305. The first-order chi connectivity index (χ1) is 11.3. The van der Waals surface area contributed by atoms with Crippen LogP contribution in [0.25, 0.3) is 0 Å². The van der Waals surface area contributed by atoms with Crippen molar-refractivity contribution in [3.63, 3.8) is 0 Å². The molecule has 6 nitrogen and oxygen atoms in total. The molecule has 120 valence electrons. The van der Waals surface area contributed by atoms with Gasteiger partial charge in [0, 0.05) is 32.7 Å². The molecule has 0 bridgehead atoms. The molecule has 2 aliphatic heterocycles. The van der Waals surface area contributed by atoms with E-state index in [1.807, 2.05) is 19.2 Å². The van der Waals surface area contributed by atoms with Crippen molar-refractivity contribution < 1.29 is 9.47 Å². The van der Waals surface area contributed by atoms with Crippen molar-refractivity contribution in [2.24, 2.45) is 0 Å². The zero-order valence-corrected chi connectivity index (χ0v) is 13.2. The summed E-state index contributed by atoms with van der Waals surface area (Å²) in [6, 6.07) is 8.12. The quantitative estimate of drug-likeness (QED) is 0.864. The monoisotopic (exact) mass is 312 g/mol. The van der Waals surface area contributed by atoms with Crippen LogP contribution in [0.15, 0.2) is 30.6 Å². The Labute approximate surface area is 135 Å². The molecule has 0 amide bonds. The Balaban J connectivity index is 1.50. The molecule has 1 aromatic carbocycles. The maximum atomic E-state index is 5.44. The van der Waals surface area contributed by atoms with Gasteiger partial charge in [0.15, 0.2) is 11.5 Å². The van der Waals surface area contributed by atoms with Gasteiger partial charge in [0.1, 0.15) is 18.0 Å². The van der Waals surface area contributed by atoms with Gasteiger partial charge >= 0.3 is 0 Å².